The topological polar surface area (TPSA) is 139 Å². The van der Waals surface area contributed by atoms with Gasteiger partial charge in [-0.25, -0.2) is 4.79 Å². The number of hydrogen-bond acceptors (Lipinski definition) is 8. The van der Waals surface area contributed by atoms with Crippen molar-refractivity contribution in [2.24, 2.45) is 0 Å². The number of carbonyl (C=O) groups excluding carboxylic acids is 4. The molecule has 1 heterocycles. The number of Topliss-reactive ketones (excluding diaryl/α,β-unsaturated/α-hetero) is 1. The Bertz CT molecular complexity index is 1060. The summed E-state index contributed by atoms with van der Waals surface area (Å²) < 4.78 is 10.8. The number of alkyl halides is 1. The minimum absolute atomic E-state index is 0.00756. The van der Waals surface area contributed by atoms with Gasteiger partial charge in [0, 0.05) is 35.0 Å². The molecule has 10 heteroatoms. The van der Waals surface area contributed by atoms with Crippen molar-refractivity contribution < 1.29 is 38.9 Å². The number of cyclic esters (lactones) is 1. The van der Waals surface area contributed by atoms with Crippen molar-refractivity contribution in [3.05, 3.63) is 45.9 Å². The van der Waals surface area contributed by atoms with E-state index in [1.165, 1.54) is 14.0 Å². The van der Waals surface area contributed by atoms with Crippen LogP contribution in [0, 0.1) is 0 Å². The summed E-state index contributed by atoms with van der Waals surface area (Å²) >= 11 is 2.00. The van der Waals surface area contributed by atoms with Gasteiger partial charge in [-0.15, -0.1) is 0 Å². The fraction of sp³-hybridized carbons (Fsp3) is 0.333. The van der Waals surface area contributed by atoms with E-state index >= 15 is 0 Å². The third-order valence-corrected chi connectivity index (χ3v) is 5.78. The van der Waals surface area contributed by atoms with Gasteiger partial charge in [0.1, 0.15) is 23.2 Å². The Morgan fingerprint density at radius 3 is 2.55 bits per heavy atom. The Morgan fingerprint density at radius 2 is 1.90 bits per heavy atom. The summed E-state index contributed by atoms with van der Waals surface area (Å²) in [5, 5.41) is 23.0. The van der Waals surface area contributed by atoms with E-state index in [4.69, 9.17) is 9.47 Å². The van der Waals surface area contributed by atoms with Crippen molar-refractivity contribution in [2.75, 3.05) is 7.11 Å². The number of nitrogens with one attached hydrogen (secondary N) is 1. The largest absolute Gasteiger partial charge is 0.507 e. The minimum atomic E-state index is -0.865. The molecule has 2 bridgehead atoms. The molecule has 1 unspecified atom stereocenters. The lowest BCUT2D eigenvalue weighted by atomic mass is 9.94. The smallest absolute Gasteiger partial charge is 0.342 e. The van der Waals surface area contributed by atoms with Gasteiger partial charge in [0.25, 0.3) is 0 Å². The number of esters is 1. The number of benzene rings is 1. The molecule has 1 aliphatic heterocycles. The number of rotatable bonds is 2. The van der Waals surface area contributed by atoms with Crippen molar-refractivity contribution in [2.45, 2.75) is 36.7 Å². The van der Waals surface area contributed by atoms with E-state index in [0.717, 1.165) is 12.1 Å². The molecule has 0 fully saturated rings. The molecule has 0 radical (unpaired) electrons. The normalized spacial score (nSPS) is 20.0. The summed E-state index contributed by atoms with van der Waals surface area (Å²) in [5.41, 5.74) is 0.336. The standard InChI is InChI=1S/C21H20INO8/c1-9-5-11-19(28)13(6-16(26)20(11)30-2)23-17(27)4-3-10-12(8-22)14(24)7-15(25)18(10)21(29)31-9/h6-7,9,24-25H,3-5,8H2,1-2H3,(H,23,27). The highest BCUT2D eigenvalue weighted by molar-refractivity contribution is 14.1. The van der Waals surface area contributed by atoms with Crippen LogP contribution in [0.15, 0.2) is 29.2 Å². The quantitative estimate of drug-likeness (QED) is 0.224. The minimum Gasteiger partial charge on any atom is -0.507 e. The fourth-order valence-corrected chi connectivity index (χ4v) is 4.45. The Hall–Kier alpha value is -2.89. The first-order valence-corrected chi connectivity index (χ1v) is 10.9. The average Bonchev–Trinajstić information content (AvgIpc) is 2.69. The molecule has 2 aliphatic rings. The van der Waals surface area contributed by atoms with Crippen molar-refractivity contribution in [1.29, 1.82) is 0 Å². The molecule has 3 rings (SSSR count). The molecule has 0 saturated carbocycles. The van der Waals surface area contributed by atoms with Gasteiger partial charge >= 0.3 is 5.97 Å². The molecular formula is C21H20INO8. The molecule has 0 saturated heterocycles. The molecule has 0 spiro atoms. The van der Waals surface area contributed by atoms with Gasteiger partial charge in [-0.05, 0) is 18.9 Å². The molecule has 31 heavy (non-hydrogen) atoms. The van der Waals surface area contributed by atoms with E-state index < -0.39 is 35.3 Å². The predicted octanol–water partition coefficient (Wildman–Crippen LogP) is 1.97. The number of aromatic hydroxyl groups is 2. The average molecular weight is 541 g/mol. The Kier molecular flexibility index (Phi) is 6.68. The second-order valence-corrected chi connectivity index (χ2v) is 7.87. The third-order valence-electron chi connectivity index (χ3n) is 5.01. The maximum absolute atomic E-state index is 12.9. The van der Waals surface area contributed by atoms with Crippen molar-refractivity contribution in [3.63, 3.8) is 0 Å². The summed E-state index contributed by atoms with van der Waals surface area (Å²) in [6, 6.07) is 1.06. The van der Waals surface area contributed by atoms with E-state index in [2.05, 4.69) is 5.32 Å². The number of ether oxygens (including phenoxy) is 2. The maximum Gasteiger partial charge on any atom is 0.342 e. The Labute approximate surface area is 191 Å². The number of carbonyl (C=O) groups is 4. The molecule has 1 amide bonds. The van der Waals surface area contributed by atoms with Gasteiger partial charge in [-0.1, -0.05) is 22.6 Å². The van der Waals surface area contributed by atoms with Gasteiger partial charge in [0.15, 0.2) is 5.76 Å². The van der Waals surface area contributed by atoms with Crippen LogP contribution in [0.1, 0.15) is 41.3 Å². The van der Waals surface area contributed by atoms with Crippen LogP contribution >= 0.6 is 22.6 Å². The second kappa shape index (κ2) is 9.08. The Balaban J connectivity index is 2.12. The molecule has 1 aromatic carbocycles. The molecular weight excluding hydrogens is 521 g/mol. The number of hydrogen-bond donors (Lipinski definition) is 3. The summed E-state index contributed by atoms with van der Waals surface area (Å²) in [4.78, 5) is 50.6. The van der Waals surface area contributed by atoms with Crippen LogP contribution in [0.3, 0.4) is 0 Å². The van der Waals surface area contributed by atoms with Crippen LogP contribution in [0.5, 0.6) is 11.5 Å². The van der Waals surface area contributed by atoms with Crippen LogP contribution in [0.25, 0.3) is 0 Å². The summed E-state index contributed by atoms with van der Waals surface area (Å²) in [6.07, 6.45) is -0.172. The van der Waals surface area contributed by atoms with Crippen LogP contribution in [0.2, 0.25) is 0 Å². The molecule has 1 aromatic rings. The monoisotopic (exact) mass is 541 g/mol. The van der Waals surface area contributed by atoms with E-state index in [1.807, 2.05) is 22.6 Å². The van der Waals surface area contributed by atoms with Crippen molar-refractivity contribution >= 4 is 46.0 Å². The number of amides is 1. The van der Waals surface area contributed by atoms with Crippen LogP contribution < -0.4 is 5.32 Å². The number of phenols is 2. The zero-order valence-electron chi connectivity index (χ0n) is 16.8. The summed E-state index contributed by atoms with van der Waals surface area (Å²) in [6.45, 7) is 1.53. The van der Waals surface area contributed by atoms with Gasteiger partial charge in [0.05, 0.1) is 18.4 Å². The van der Waals surface area contributed by atoms with Crippen molar-refractivity contribution in [3.8, 4) is 11.5 Å². The van der Waals surface area contributed by atoms with Crippen LogP contribution in [-0.4, -0.2) is 46.9 Å². The van der Waals surface area contributed by atoms with E-state index in [1.54, 1.807) is 0 Å². The van der Waals surface area contributed by atoms with Crippen LogP contribution in [-0.2, 0) is 34.7 Å². The van der Waals surface area contributed by atoms with Gasteiger partial charge < -0.3 is 25.0 Å². The Morgan fingerprint density at radius 1 is 1.19 bits per heavy atom. The highest BCUT2D eigenvalue weighted by atomic mass is 127. The lowest BCUT2D eigenvalue weighted by Crippen LogP contribution is -2.33. The summed E-state index contributed by atoms with van der Waals surface area (Å²) in [7, 11) is 1.25. The van der Waals surface area contributed by atoms with E-state index in [9.17, 15) is 29.4 Å². The second-order valence-electron chi connectivity index (χ2n) is 7.11. The van der Waals surface area contributed by atoms with Crippen molar-refractivity contribution in [1.82, 2.24) is 5.32 Å². The molecule has 1 aliphatic carbocycles. The number of phenolic OH excluding ortho intramolecular Hbond substituents is 2. The SMILES string of the molecule is COC1=C2CC(C)OC(=O)c3c(O)cc(O)c(CI)c3CCC(=O)NC(=CC1=O)C2=O. The highest BCUT2D eigenvalue weighted by Crippen LogP contribution is 2.36. The number of ketones is 2. The lowest BCUT2D eigenvalue weighted by molar-refractivity contribution is -0.123. The molecule has 3 N–H and O–H groups in total. The number of halogens is 1. The van der Waals surface area contributed by atoms with Gasteiger partial charge in [-0.2, -0.15) is 0 Å². The first kappa shape index (κ1) is 22.8. The number of allylic oxidation sites excluding steroid dienone is 2. The lowest BCUT2D eigenvalue weighted by Gasteiger charge is -2.21. The first-order chi connectivity index (χ1) is 14.7. The van der Waals surface area contributed by atoms with Crippen LogP contribution in [0.4, 0.5) is 0 Å². The summed E-state index contributed by atoms with van der Waals surface area (Å²) in [5.74, 6) is -3.47. The molecule has 1 atom stereocenters. The van der Waals surface area contributed by atoms with E-state index in [0.29, 0.717) is 9.99 Å². The van der Waals surface area contributed by atoms with E-state index in [-0.39, 0.29) is 53.2 Å². The van der Waals surface area contributed by atoms with Gasteiger partial charge in [0.2, 0.25) is 17.5 Å². The fourth-order valence-electron chi connectivity index (χ4n) is 3.60. The third kappa shape index (κ3) is 4.43. The number of fused-ring (bicyclic) bond motifs is 3. The van der Waals surface area contributed by atoms with Gasteiger partial charge in [-0.3, -0.25) is 14.4 Å². The zero-order chi connectivity index (χ0) is 22.9. The number of methoxy groups -OCH3 is 1. The first-order valence-electron chi connectivity index (χ1n) is 9.39. The predicted molar refractivity (Wildman–Crippen MR) is 116 cm³/mol. The molecule has 0 aromatic heterocycles. The molecule has 9 nitrogen and oxygen atoms in total. The zero-order valence-corrected chi connectivity index (χ0v) is 18.9. The maximum atomic E-state index is 12.9. The molecule has 164 valence electrons. The highest BCUT2D eigenvalue weighted by Gasteiger charge is 2.33.